The van der Waals surface area contributed by atoms with Gasteiger partial charge in [-0.1, -0.05) is 0 Å². The molecule has 1 aromatic heterocycles. The summed E-state index contributed by atoms with van der Waals surface area (Å²) in [7, 11) is 1.56. The summed E-state index contributed by atoms with van der Waals surface area (Å²) in [4.78, 5) is 18.4. The summed E-state index contributed by atoms with van der Waals surface area (Å²) in [6.07, 6.45) is 3.00. The minimum Gasteiger partial charge on any atom is -0.496 e. The zero-order chi connectivity index (χ0) is 19.6. The molecule has 1 atom stereocenters. The zero-order valence-electron chi connectivity index (χ0n) is 16.2. The summed E-state index contributed by atoms with van der Waals surface area (Å²) in [5, 5.41) is 4.36. The summed E-state index contributed by atoms with van der Waals surface area (Å²) >= 11 is 0. The number of benzene rings is 1. The fourth-order valence-electron chi connectivity index (χ4n) is 3.30. The van der Waals surface area contributed by atoms with Crippen LogP contribution >= 0.6 is 0 Å². The van der Waals surface area contributed by atoms with Crippen molar-refractivity contribution in [1.82, 2.24) is 9.88 Å². The summed E-state index contributed by atoms with van der Waals surface area (Å²) < 4.78 is 25.3. The minimum absolute atomic E-state index is 0.0324. The highest BCUT2D eigenvalue weighted by Crippen LogP contribution is 2.32. The van der Waals surface area contributed by atoms with Crippen LogP contribution in [0.15, 0.2) is 24.4 Å². The van der Waals surface area contributed by atoms with Crippen LogP contribution in [-0.2, 0) is 4.74 Å². The summed E-state index contributed by atoms with van der Waals surface area (Å²) in [5.74, 6) is 0.692. The molecule has 1 N–H and O–H groups in total. The number of hydrogen-bond donors (Lipinski definition) is 1. The maximum Gasteiger partial charge on any atom is 0.410 e. The highest BCUT2D eigenvalue weighted by Gasteiger charge is 2.28. The van der Waals surface area contributed by atoms with E-state index in [1.807, 2.05) is 20.8 Å². The van der Waals surface area contributed by atoms with Gasteiger partial charge in [-0.2, -0.15) is 0 Å². The zero-order valence-corrected chi connectivity index (χ0v) is 16.2. The molecule has 0 unspecified atom stereocenters. The lowest BCUT2D eigenvalue weighted by atomic mass is 10.1. The van der Waals surface area contributed by atoms with Crippen molar-refractivity contribution < 1.29 is 18.7 Å². The summed E-state index contributed by atoms with van der Waals surface area (Å²) in [6.45, 7) is 6.68. The number of piperidine rings is 1. The highest BCUT2D eigenvalue weighted by molar-refractivity contribution is 5.96. The van der Waals surface area contributed by atoms with Crippen LogP contribution in [0.5, 0.6) is 5.75 Å². The van der Waals surface area contributed by atoms with Crippen LogP contribution in [0, 0.1) is 5.82 Å². The van der Waals surface area contributed by atoms with Gasteiger partial charge in [0.05, 0.1) is 12.5 Å². The first kappa shape index (κ1) is 19.2. The standard InChI is InChI=1S/C20H26FN3O3/c1-20(2,3)27-19(25)24-11-5-6-13(12-24)23-18-17-14(9-10-22-18)16(26-4)8-7-15(17)21/h7-10,13H,5-6,11-12H2,1-4H3,(H,22,23)/t13-/m1/s1. The van der Waals surface area contributed by atoms with Gasteiger partial charge in [-0.25, -0.2) is 14.2 Å². The number of ether oxygens (including phenoxy) is 2. The van der Waals surface area contributed by atoms with E-state index in [0.717, 1.165) is 12.8 Å². The lowest BCUT2D eigenvalue weighted by Gasteiger charge is -2.34. The molecule has 1 aromatic carbocycles. The molecule has 0 spiro atoms. The molecular formula is C20H26FN3O3. The molecule has 6 nitrogen and oxygen atoms in total. The second kappa shape index (κ2) is 7.58. The van der Waals surface area contributed by atoms with Crippen LogP contribution in [0.25, 0.3) is 10.8 Å². The molecule has 0 aliphatic carbocycles. The van der Waals surface area contributed by atoms with Crippen molar-refractivity contribution in [3.8, 4) is 5.75 Å². The first-order chi connectivity index (χ1) is 12.8. The molecule has 3 rings (SSSR count). The van der Waals surface area contributed by atoms with Gasteiger partial charge in [0, 0.05) is 30.7 Å². The fraction of sp³-hybridized carbons (Fsp3) is 0.500. The maximum atomic E-state index is 14.5. The molecule has 1 amide bonds. The van der Waals surface area contributed by atoms with E-state index in [2.05, 4.69) is 10.3 Å². The number of nitrogens with one attached hydrogen (secondary N) is 1. The SMILES string of the molecule is COc1ccc(F)c2c(N[C@@H]3CCCN(C(=O)OC(C)(C)C)C3)nccc12. The predicted octanol–water partition coefficient (Wildman–Crippen LogP) is 4.19. The van der Waals surface area contributed by atoms with Crippen LogP contribution in [0.4, 0.5) is 15.0 Å². The number of anilines is 1. The number of carbonyl (C=O) groups is 1. The topological polar surface area (TPSA) is 63.7 Å². The number of pyridine rings is 1. The molecular weight excluding hydrogens is 349 g/mol. The third kappa shape index (κ3) is 4.40. The van der Waals surface area contributed by atoms with Crippen molar-refractivity contribution in [3.63, 3.8) is 0 Å². The minimum atomic E-state index is -0.533. The Labute approximate surface area is 158 Å². The second-order valence-electron chi connectivity index (χ2n) is 7.74. The van der Waals surface area contributed by atoms with E-state index in [1.54, 1.807) is 30.3 Å². The Kier molecular flexibility index (Phi) is 5.39. The normalized spacial score (nSPS) is 17.7. The highest BCUT2D eigenvalue weighted by atomic mass is 19.1. The van der Waals surface area contributed by atoms with Gasteiger partial charge in [-0.05, 0) is 51.8 Å². The maximum absolute atomic E-state index is 14.5. The number of amides is 1. The Balaban J connectivity index is 1.80. The van der Waals surface area contributed by atoms with Gasteiger partial charge in [0.2, 0.25) is 0 Å². The molecule has 1 fully saturated rings. The molecule has 0 bridgehead atoms. The lowest BCUT2D eigenvalue weighted by molar-refractivity contribution is 0.0206. The fourth-order valence-corrected chi connectivity index (χ4v) is 3.30. The molecule has 0 radical (unpaired) electrons. The van der Waals surface area contributed by atoms with Gasteiger partial charge in [-0.3, -0.25) is 0 Å². The van der Waals surface area contributed by atoms with E-state index in [1.165, 1.54) is 6.07 Å². The average molecular weight is 375 g/mol. The summed E-state index contributed by atoms with van der Waals surface area (Å²) in [5.41, 5.74) is -0.533. The smallest absolute Gasteiger partial charge is 0.410 e. The van der Waals surface area contributed by atoms with Gasteiger partial charge in [0.15, 0.2) is 0 Å². The van der Waals surface area contributed by atoms with Crippen molar-refractivity contribution in [2.75, 3.05) is 25.5 Å². The molecule has 7 heteroatoms. The number of hydrogen-bond acceptors (Lipinski definition) is 5. The third-order valence-corrected chi connectivity index (χ3v) is 4.47. The van der Waals surface area contributed by atoms with E-state index < -0.39 is 5.60 Å². The Hall–Kier alpha value is -2.57. The van der Waals surface area contributed by atoms with Crippen LogP contribution in [-0.4, -0.2) is 47.8 Å². The number of carbonyl (C=O) groups excluding carboxylic acids is 1. The monoisotopic (exact) mass is 375 g/mol. The first-order valence-electron chi connectivity index (χ1n) is 9.14. The number of nitrogens with zero attached hydrogens (tertiary/aromatic N) is 2. The molecule has 0 saturated carbocycles. The lowest BCUT2D eigenvalue weighted by Crippen LogP contribution is -2.47. The van der Waals surface area contributed by atoms with Gasteiger partial charge in [0.1, 0.15) is 23.0 Å². The number of methoxy groups -OCH3 is 1. The Bertz CT molecular complexity index is 835. The summed E-state index contributed by atoms with van der Waals surface area (Å²) in [6, 6.07) is 4.68. The average Bonchev–Trinajstić information content (AvgIpc) is 2.61. The number of fused-ring (bicyclic) bond motifs is 1. The Morgan fingerprint density at radius 1 is 1.33 bits per heavy atom. The van der Waals surface area contributed by atoms with E-state index in [-0.39, 0.29) is 18.0 Å². The number of halogens is 1. The van der Waals surface area contributed by atoms with Crippen molar-refractivity contribution in [1.29, 1.82) is 0 Å². The number of rotatable bonds is 3. The van der Waals surface area contributed by atoms with Crippen LogP contribution in [0.1, 0.15) is 33.6 Å². The van der Waals surface area contributed by atoms with Crippen LogP contribution in [0.3, 0.4) is 0 Å². The second-order valence-corrected chi connectivity index (χ2v) is 7.74. The van der Waals surface area contributed by atoms with Gasteiger partial charge < -0.3 is 19.7 Å². The van der Waals surface area contributed by atoms with Gasteiger partial charge >= 0.3 is 6.09 Å². The largest absolute Gasteiger partial charge is 0.496 e. The van der Waals surface area contributed by atoms with E-state index in [0.29, 0.717) is 35.4 Å². The third-order valence-electron chi connectivity index (χ3n) is 4.47. The molecule has 1 aliphatic heterocycles. The molecule has 2 heterocycles. The Morgan fingerprint density at radius 2 is 2.11 bits per heavy atom. The molecule has 27 heavy (non-hydrogen) atoms. The predicted molar refractivity (Wildman–Crippen MR) is 103 cm³/mol. The van der Waals surface area contributed by atoms with Gasteiger partial charge in [0.25, 0.3) is 0 Å². The van der Waals surface area contributed by atoms with E-state index >= 15 is 0 Å². The van der Waals surface area contributed by atoms with E-state index in [4.69, 9.17) is 9.47 Å². The molecule has 2 aromatic rings. The van der Waals surface area contributed by atoms with Gasteiger partial charge in [-0.15, -0.1) is 0 Å². The van der Waals surface area contributed by atoms with Crippen molar-refractivity contribution in [2.45, 2.75) is 45.3 Å². The molecule has 1 aliphatic rings. The quantitative estimate of drug-likeness (QED) is 0.871. The van der Waals surface area contributed by atoms with Crippen molar-refractivity contribution >= 4 is 22.7 Å². The number of aromatic nitrogens is 1. The Morgan fingerprint density at radius 3 is 2.81 bits per heavy atom. The van der Waals surface area contributed by atoms with Crippen LogP contribution < -0.4 is 10.1 Å². The molecule has 146 valence electrons. The van der Waals surface area contributed by atoms with E-state index in [9.17, 15) is 9.18 Å². The number of likely N-dealkylation sites (tertiary alicyclic amines) is 1. The first-order valence-corrected chi connectivity index (χ1v) is 9.14. The van der Waals surface area contributed by atoms with Crippen LogP contribution in [0.2, 0.25) is 0 Å². The van der Waals surface area contributed by atoms with Crippen molar-refractivity contribution in [2.24, 2.45) is 0 Å². The molecule has 1 saturated heterocycles. The van der Waals surface area contributed by atoms with Crippen molar-refractivity contribution in [3.05, 3.63) is 30.2 Å².